The highest BCUT2D eigenvalue weighted by Gasteiger charge is 2.28. The monoisotopic (exact) mass is 314 g/mol. The van der Waals surface area contributed by atoms with Crippen molar-refractivity contribution in [1.29, 1.82) is 0 Å². The zero-order valence-corrected chi connectivity index (χ0v) is 14.4. The Kier molecular flexibility index (Phi) is 4.34. The molecule has 0 radical (unpaired) electrons. The predicted octanol–water partition coefficient (Wildman–Crippen LogP) is 4.81. The average molecular weight is 314 g/mol. The van der Waals surface area contributed by atoms with Gasteiger partial charge in [-0.05, 0) is 66.5 Å². The van der Waals surface area contributed by atoms with Crippen LogP contribution in [0.4, 0.5) is 0 Å². The molecule has 1 aliphatic carbocycles. The summed E-state index contributed by atoms with van der Waals surface area (Å²) in [6.45, 7) is 2.22. The SMILES string of the molecule is COc1ccc(C2CCc3c(C)ccc(SC)c32)cc1OC. The van der Waals surface area contributed by atoms with E-state index >= 15 is 0 Å². The van der Waals surface area contributed by atoms with Crippen LogP contribution in [0.3, 0.4) is 0 Å². The third-order valence-corrected chi connectivity index (χ3v) is 5.41. The molecular formula is C19H22O2S. The molecule has 1 aliphatic rings. The molecule has 0 bridgehead atoms. The minimum absolute atomic E-state index is 0.456. The summed E-state index contributed by atoms with van der Waals surface area (Å²) in [6.07, 6.45) is 4.49. The molecular weight excluding hydrogens is 292 g/mol. The van der Waals surface area contributed by atoms with E-state index in [2.05, 4.69) is 37.4 Å². The maximum absolute atomic E-state index is 5.47. The number of benzene rings is 2. The van der Waals surface area contributed by atoms with Gasteiger partial charge < -0.3 is 9.47 Å². The fourth-order valence-electron chi connectivity index (χ4n) is 3.48. The molecule has 1 atom stereocenters. The van der Waals surface area contributed by atoms with Crippen LogP contribution in [-0.4, -0.2) is 20.5 Å². The van der Waals surface area contributed by atoms with Crippen molar-refractivity contribution in [3.63, 3.8) is 0 Å². The first-order valence-electron chi connectivity index (χ1n) is 7.57. The van der Waals surface area contributed by atoms with Crippen LogP contribution in [0, 0.1) is 6.92 Å². The molecule has 0 aliphatic heterocycles. The fourth-order valence-corrected chi connectivity index (χ4v) is 4.17. The highest BCUT2D eigenvalue weighted by Crippen LogP contribution is 2.45. The van der Waals surface area contributed by atoms with Gasteiger partial charge in [-0.3, -0.25) is 0 Å². The van der Waals surface area contributed by atoms with Crippen LogP contribution >= 0.6 is 11.8 Å². The normalized spacial score (nSPS) is 16.5. The number of hydrogen-bond acceptors (Lipinski definition) is 3. The van der Waals surface area contributed by atoms with E-state index in [1.54, 1.807) is 14.2 Å². The van der Waals surface area contributed by atoms with Gasteiger partial charge in [0.05, 0.1) is 14.2 Å². The van der Waals surface area contributed by atoms with Gasteiger partial charge in [-0.15, -0.1) is 11.8 Å². The topological polar surface area (TPSA) is 18.5 Å². The molecule has 116 valence electrons. The van der Waals surface area contributed by atoms with E-state index < -0.39 is 0 Å². The fraction of sp³-hybridized carbons (Fsp3) is 0.368. The average Bonchev–Trinajstić information content (AvgIpc) is 3.00. The Bertz CT molecular complexity index is 694. The summed E-state index contributed by atoms with van der Waals surface area (Å²) in [5.74, 6) is 2.06. The van der Waals surface area contributed by atoms with Crippen molar-refractivity contribution in [1.82, 2.24) is 0 Å². The van der Waals surface area contributed by atoms with Crippen molar-refractivity contribution in [3.8, 4) is 11.5 Å². The smallest absolute Gasteiger partial charge is 0.161 e. The molecule has 0 aromatic heterocycles. The largest absolute Gasteiger partial charge is 0.493 e. The predicted molar refractivity (Wildman–Crippen MR) is 92.7 cm³/mol. The van der Waals surface area contributed by atoms with Gasteiger partial charge in [0, 0.05) is 10.8 Å². The Labute approximate surface area is 136 Å². The molecule has 2 aromatic carbocycles. The molecule has 22 heavy (non-hydrogen) atoms. The number of hydrogen-bond donors (Lipinski definition) is 0. The van der Waals surface area contributed by atoms with E-state index in [1.807, 2.05) is 17.8 Å². The summed E-state index contributed by atoms with van der Waals surface area (Å²) in [4.78, 5) is 1.40. The van der Waals surface area contributed by atoms with Crippen molar-refractivity contribution in [2.75, 3.05) is 20.5 Å². The lowest BCUT2D eigenvalue weighted by molar-refractivity contribution is 0.354. The van der Waals surface area contributed by atoms with Crippen molar-refractivity contribution >= 4 is 11.8 Å². The second-order valence-electron chi connectivity index (χ2n) is 5.68. The summed E-state index contributed by atoms with van der Waals surface area (Å²) in [5.41, 5.74) is 5.78. The number of ether oxygens (including phenoxy) is 2. The Balaban J connectivity index is 2.08. The van der Waals surface area contributed by atoms with Crippen LogP contribution in [0.1, 0.15) is 34.6 Å². The highest BCUT2D eigenvalue weighted by molar-refractivity contribution is 7.98. The molecule has 0 saturated carbocycles. The van der Waals surface area contributed by atoms with E-state index in [1.165, 1.54) is 33.6 Å². The number of aryl methyl sites for hydroxylation is 1. The molecule has 0 N–H and O–H groups in total. The second kappa shape index (κ2) is 6.25. The zero-order chi connectivity index (χ0) is 15.7. The number of thioether (sulfide) groups is 1. The van der Waals surface area contributed by atoms with E-state index in [4.69, 9.17) is 9.47 Å². The number of fused-ring (bicyclic) bond motifs is 1. The molecule has 0 amide bonds. The van der Waals surface area contributed by atoms with Crippen LogP contribution in [0.5, 0.6) is 11.5 Å². The first-order valence-corrected chi connectivity index (χ1v) is 8.80. The van der Waals surface area contributed by atoms with Crippen LogP contribution in [0.25, 0.3) is 0 Å². The van der Waals surface area contributed by atoms with Crippen LogP contribution in [-0.2, 0) is 6.42 Å². The first kappa shape index (κ1) is 15.3. The Hall–Kier alpha value is -1.61. The standard InChI is InChI=1S/C19H22O2S/c1-12-5-10-18(22-4)19-14(12)7-8-15(19)13-6-9-16(20-2)17(11-13)21-3/h5-6,9-11,15H,7-8H2,1-4H3. The first-order chi connectivity index (χ1) is 10.7. The van der Waals surface area contributed by atoms with Gasteiger partial charge in [-0.2, -0.15) is 0 Å². The van der Waals surface area contributed by atoms with E-state index in [9.17, 15) is 0 Å². The molecule has 0 saturated heterocycles. The van der Waals surface area contributed by atoms with Gasteiger partial charge >= 0.3 is 0 Å². The zero-order valence-electron chi connectivity index (χ0n) is 13.6. The number of methoxy groups -OCH3 is 2. The number of rotatable bonds is 4. The summed E-state index contributed by atoms with van der Waals surface area (Å²) < 4.78 is 10.8. The van der Waals surface area contributed by atoms with Crippen molar-refractivity contribution < 1.29 is 9.47 Å². The third kappa shape index (κ3) is 2.48. The lowest BCUT2D eigenvalue weighted by atomic mass is 9.92. The van der Waals surface area contributed by atoms with Gasteiger partial charge in [0.1, 0.15) is 0 Å². The van der Waals surface area contributed by atoms with Gasteiger partial charge in [0.2, 0.25) is 0 Å². The minimum Gasteiger partial charge on any atom is -0.493 e. The van der Waals surface area contributed by atoms with Gasteiger partial charge in [-0.25, -0.2) is 0 Å². The Morgan fingerprint density at radius 2 is 1.82 bits per heavy atom. The van der Waals surface area contributed by atoms with Gasteiger partial charge in [-0.1, -0.05) is 12.1 Å². The minimum atomic E-state index is 0.456. The van der Waals surface area contributed by atoms with Crippen LogP contribution < -0.4 is 9.47 Å². The summed E-state index contributed by atoms with van der Waals surface area (Å²) in [6, 6.07) is 10.8. The molecule has 0 heterocycles. The summed E-state index contributed by atoms with van der Waals surface area (Å²) in [7, 11) is 3.37. The second-order valence-corrected chi connectivity index (χ2v) is 6.53. The molecule has 0 fully saturated rings. The van der Waals surface area contributed by atoms with Crippen molar-refractivity contribution in [2.24, 2.45) is 0 Å². The lowest BCUT2D eigenvalue weighted by Crippen LogP contribution is -2.00. The lowest BCUT2D eigenvalue weighted by Gasteiger charge is -2.18. The summed E-state index contributed by atoms with van der Waals surface area (Å²) >= 11 is 1.84. The molecule has 0 spiro atoms. The van der Waals surface area contributed by atoms with Crippen molar-refractivity contribution in [2.45, 2.75) is 30.6 Å². The highest BCUT2D eigenvalue weighted by atomic mass is 32.2. The summed E-state index contributed by atoms with van der Waals surface area (Å²) in [5, 5.41) is 0. The third-order valence-electron chi connectivity index (χ3n) is 4.61. The molecule has 2 nitrogen and oxygen atoms in total. The molecule has 3 rings (SSSR count). The molecule has 1 unspecified atom stereocenters. The van der Waals surface area contributed by atoms with Gasteiger partial charge in [0.15, 0.2) is 11.5 Å². The molecule has 3 heteroatoms. The van der Waals surface area contributed by atoms with E-state index in [0.29, 0.717) is 5.92 Å². The van der Waals surface area contributed by atoms with Gasteiger partial charge in [0.25, 0.3) is 0 Å². The Morgan fingerprint density at radius 1 is 1.05 bits per heavy atom. The quantitative estimate of drug-likeness (QED) is 0.754. The Morgan fingerprint density at radius 3 is 2.50 bits per heavy atom. The van der Waals surface area contributed by atoms with Crippen LogP contribution in [0.15, 0.2) is 35.2 Å². The maximum Gasteiger partial charge on any atom is 0.161 e. The van der Waals surface area contributed by atoms with E-state index in [-0.39, 0.29) is 0 Å². The van der Waals surface area contributed by atoms with E-state index in [0.717, 1.165) is 17.9 Å². The van der Waals surface area contributed by atoms with Crippen molar-refractivity contribution in [3.05, 3.63) is 52.6 Å². The maximum atomic E-state index is 5.47. The van der Waals surface area contributed by atoms with Crippen LogP contribution in [0.2, 0.25) is 0 Å². The molecule has 2 aromatic rings.